The third kappa shape index (κ3) is 3.23. The van der Waals surface area contributed by atoms with E-state index in [9.17, 15) is 18.0 Å². The van der Waals surface area contributed by atoms with Gasteiger partial charge in [0.1, 0.15) is 17.9 Å². The van der Waals surface area contributed by atoms with Gasteiger partial charge in [-0.2, -0.15) is 0 Å². The van der Waals surface area contributed by atoms with Crippen LogP contribution in [0.3, 0.4) is 0 Å². The van der Waals surface area contributed by atoms with E-state index in [0.29, 0.717) is 12.2 Å². The zero-order valence-corrected chi connectivity index (χ0v) is 17.6. The van der Waals surface area contributed by atoms with Crippen molar-refractivity contribution in [2.24, 2.45) is 0 Å². The summed E-state index contributed by atoms with van der Waals surface area (Å²) in [6.45, 7) is 0.211. The molecule has 1 fully saturated rings. The first kappa shape index (κ1) is 20.4. The largest absolute Gasteiger partial charge is 0.492 e. The number of nitrogens with one attached hydrogen (secondary N) is 1. The quantitative estimate of drug-likeness (QED) is 0.706. The molecule has 2 aliphatic rings. The minimum absolute atomic E-state index is 0.104. The van der Waals surface area contributed by atoms with Gasteiger partial charge in [-0.1, -0.05) is 24.3 Å². The summed E-state index contributed by atoms with van der Waals surface area (Å²) in [5, 5.41) is 2.88. The Morgan fingerprint density at radius 3 is 2.50 bits per heavy atom. The van der Waals surface area contributed by atoms with Crippen molar-refractivity contribution >= 4 is 22.0 Å². The van der Waals surface area contributed by atoms with E-state index in [1.165, 1.54) is 31.1 Å². The van der Waals surface area contributed by atoms with Crippen molar-refractivity contribution in [3.8, 4) is 5.75 Å². The van der Waals surface area contributed by atoms with Crippen LogP contribution in [0.15, 0.2) is 53.4 Å². The van der Waals surface area contributed by atoms with E-state index >= 15 is 0 Å². The Hall–Kier alpha value is -2.91. The van der Waals surface area contributed by atoms with Gasteiger partial charge in [-0.25, -0.2) is 17.5 Å². The number of fused-ring (bicyclic) bond motifs is 2. The number of benzene rings is 2. The van der Waals surface area contributed by atoms with Crippen molar-refractivity contribution < 1.29 is 22.7 Å². The van der Waals surface area contributed by atoms with Crippen molar-refractivity contribution in [1.29, 1.82) is 0 Å². The minimum Gasteiger partial charge on any atom is -0.492 e. The SMILES string of the molecule is CN(C)S(=O)(=O)c1ccc(OCCN2C(=O)NC3(CCc4ccccc43)C2=O)cc1. The molecule has 8 nitrogen and oxygen atoms in total. The second-order valence-electron chi connectivity index (χ2n) is 7.56. The molecule has 1 saturated heterocycles. The third-order valence-electron chi connectivity index (χ3n) is 5.61. The van der Waals surface area contributed by atoms with E-state index in [-0.39, 0.29) is 24.0 Å². The molecule has 1 heterocycles. The minimum atomic E-state index is -3.51. The molecule has 0 saturated carbocycles. The molecule has 1 aliphatic carbocycles. The molecule has 1 unspecified atom stereocenters. The lowest BCUT2D eigenvalue weighted by Crippen LogP contribution is -2.42. The van der Waals surface area contributed by atoms with Crippen LogP contribution < -0.4 is 10.1 Å². The van der Waals surface area contributed by atoms with E-state index in [0.717, 1.165) is 21.9 Å². The number of nitrogens with zero attached hydrogens (tertiary/aromatic N) is 2. The second kappa shape index (κ2) is 7.41. The summed E-state index contributed by atoms with van der Waals surface area (Å²) in [6, 6.07) is 13.3. The first-order valence-electron chi connectivity index (χ1n) is 9.63. The molecular weight excluding hydrogens is 406 g/mol. The molecule has 1 aliphatic heterocycles. The summed E-state index contributed by atoms with van der Waals surface area (Å²) >= 11 is 0. The Balaban J connectivity index is 1.41. The first-order chi connectivity index (χ1) is 14.3. The highest BCUT2D eigenvalue weighted by molar-refractivity contribution is 7.89. The lowest BCUT2D eigenvalue weighted by molar-refractivity contribution is -0.131. The molecule has 1 atom stereocenters. The fourth-order valence-electron chi connectivity index (χ4n) is 3.97. The van der Waals surface area contributed by atoms with Gasteiger partial charge in [-0.15, -0.1) is 0 Å². The fraction of sp³-hybridized carbons (Fsp3) is 0.333. The Labute approximate surface area is 175 Å². The van der Waals surface area contributed by atoms with Crippen molar-refractivity contribution in [2.45, 2.75) is 23.3 Å². The van der Waals surface area contributed by atoms with Crippen LogP contribution >= 0.6 is 0 Å². The second-order valence-corrected chi connectivity index (χ2v) is 9.71. The average Bonchev–Trinajstić information content (AvgIpc) is 3.21. The molecule has 0 bridgehead atoms. The van der Waals surface area contributed by atoms with Gasteiger partial charge in [0.25, 0.3) is 5.91 Å². The molecule has 3 amide bonds. The summed E-state index contributed by atoms with van der Waals surface area (Å²) in [7, 11) is -0.576. The van der Waals surface area contributed by atoms with Crippen LogP contribution in [-0.2, 0) is 26.8 Å². The van der Waals surface area contributed by atoms with Crippen LogP contribution in [0.4, 0.5) is 4.79 Å². The summed E-state index contributed by atoms with van der Waals surface area (Å²) in [5.74, 6) is 0.203. The van der Waals surface area contributed by atoms with Crippen LogP contribution in [0.2, 0.25) is 0 Å². The van der Waals surface area contributed by atoms with Crippen molar-refractivity contribution in [1.82, 2.24) is 14.5 Å². The number of carbonyl (C=O) groups excluding carboxylic acids is 2. The first-order valence-corrected chi connectivity index (χ1v) is 11.1. The zero-order chi connectivity index (χ0) is 21.5. The van der Waals surface area contributed by atoms with Crippen molar-refractivity contribution in [3.05, 3.63) is 59.7 Å². The maximum atomic E-state index is 13.1. The molecule has 30 heavy (non-hydrogen) atoms. The number of imide groups is 1. The summed E-state index contributed by atoms with van der Waals surface area (Å²) < 4.78 is 31.0. The molecule has 2 aromatic carbocycles. The Morgan fingerprint density at radius 2 is 1.80 bits per heavy atom. The number of rotatable bonds is 6. The molecule has 4 rings (SSSR count). The van der Waals surface area contributed by atoms with Gasteiger partial charge in [0.15, 0.2) is 0 Å². The number of sulfonamides is 1. The van der Waals surface area contributed by atoms with Crippen LogP contribution in [0.5, 0.6) is 5.75 Å². The highest BCUT2D eigenvalue weighted by Gasteiger charge is 2.55. The maximum Gasteiger partial charge on any atom is 0.325 e. The standard InChI is InChI=1S/C21H23N3O5S/c1-23(2)30(27,28)17-9-7-16(8-10-17)29-14-13-24-19(25)21(22-20(24)26)12-11-15-5-3-4-6-18(15)21/h3-10H,11-14H2,1-2H3,(H,22,26). The highest BCUT2D eigenvalue weighted by atomic mass is 32.2. The van der Waals surface area contributed by atoms with Crippen molar-refractivity contribution in [2.75, 3.05) is 27.2 Å². The van der Waals surface area contributed by atoms with E-state index in [4.69, 9.17) is 4.74 Å². The van der Waals surface area contributed by atoms with Crippen LogP contribution in [0, 0.1) is 0 Å². The van der Waals surface area contributed by atoms with Gasteiger partial charge in [-0.3, -0.25) is 9.69 Å². The molecular formula is C21H23N3O5S. The molecule has 158 valence electrons. The van der Waals surface area contributed by atoms with Gasteiger partial charge < -0.3 is 10.1 Å². The third-order valence-corrected chi connectivity index (χ3v) is 7.44. The lowest BCUT2D eigenvalue weighted by Gasteiger charge is -2.22. The lowest BCUT2D eigenvalue weighted by atomic mass is 9.92. The van der Waals surface area contributed by atoms with Crippen LogP contribution in [0.1, 0.15) is 17.5 Å². The number of hydrogen-bond donors (Lipinski definition) is 1. The summed E-state index contributed by atoms with van der Waals surface area (Å²) in [6.07, 6.45) is 1.30. The summed E-state index contributed by atoms with van der Waals surface area (Å²) in [4.78, 5) is 26.9. The molecule has 2 aromatic rings. The number of urea groups is 1. The van der Waals surface area contributed by atoms with Gasteiger partial charge in [-0.05, 0) is 48.2 Å². The molecule has 0 aromatic heterocycles. The topological polar surface area (TPSA) is 96.0 Å². The Bertz CT molecular complexity index is 1100. The van der Waals surface area contributed by atoms with Crippen LogP contribution in [-0.4, -0.2) is 56.8 Å². The number of amides is 3. The van der Waals surface area contributed by atoms with Gasteiger partial charge in [0, 0.05) is 14.1 Å². The van der Waals surface area contributed by atoms with Gasteiger partial charge >= 0.3 is 6.03 Å². The van der Waals surface area contributed by atoms with E-state index in [1.807, 2.05) is 24.3 Å². The Morgan fingerprint density at radius 1 is 1.10 bits per heavy atom. The Kier molecular flexibility index (Phi) is 5.03. The van der Waals surface area contributed by atoms with E-state index < -0.39 is 21.6 Å². The number of carbonyl (C=O) groups is 2. The van der Waals surface area contributed by atoms with E-state index in [1.54, 1.807) is 12.1 Å². The van der Waals surface area contributed by atoms with Crippen molar-refractivity contribution in [3.63, 3.8) is 0 Å². The summed E-state index contributed by atoms with van der Waals surface area (Å²) in [5.41, 5.74) is 0.969. The number of ether oxygens (including phenoxy) is 1. The molecule has 0 radical (unpaired) electrons. The maximum absolute atomic E-state index is 13.1. The molecule has 1 spiro atoms. The van der Waals surface area contributed by atoms with Gasteiger partial charge in [0.2, 0.25) is 10.0 Å². The number of hydrogen-bond acceptors (Lipinski definition) is 5. The monoisotopic (exact) mass is 429 g/mol. The highest BCUT2D eigenvalue weighted by Crippen LogP contribution is 2.41. The van der Waals surface area contributed by atoms with E-state index in [2.05, 4.69) is 5.32 Å². The average molecular weight is 429 g/mol. The number of aryl methyl sites for hydroxylation is 1. The fourth-order valence-corrected chi connectivity index (χ4v) is 4.87. The zero-order valence-electron chi connectivity index (χ0n) is 16.8. The van der Waals surface area contributed by atoms with Crippen LogP contribution in [0.25, 0.3) is 0 Å². The normalized spacial score (nSPS) is 20.7. The molecule has 1 N–H and O–H groups in total. The van der Waals surface area contributed by atoms with Gasteiger partial charge in [0.05, 0.1) is 11.4 Å². The smallest absolute Gasteiger partial charge is 0.325 e. The molecule has 9 heteroatoms. The predicted octanol–water partition coefficient (Wildman–Crippen LogP) is 1.71. The predicted molar refractivity (Wildman–Crippen MR) is 109 cm³/mol.